The molecule has 0 bridgehead atoms. The number of pyridine rings is 1. The monoisotopic (exact) mass is 427 g/mol. The van der Waals surface area contributed by atoms with Crippen molar-refractivity contribution in [2.24, 2.45) is 5.10 Å². The number of thiophene rings is 1. The van der Waals surface area contributed by atoms with E-state index in [1.54, 1.807) is 34.6 Å². The number of aromatic nitrogens is 3. The third-order valence-electron chi connectivity index (χ3n) is 5.29. The van der Waals surface area contributed by atoms with E-state index >= 15 is 0 Å². The lowest BCUT2D eigenvalue weighted by atomic mass is 9.99. The molecule has 3 aromatic heterocycles. The Bertz CT molecular complexity index is 1200. The Morgan fingerprint density at radius 2 is 2.00 bits per heavy atom. The number of amides is 1. The van der Waals surface area contributed by atoms with Crippen molar-refractivity contribution in [3.8, 4) is 16.9 Å². The molecule has 0 unspecified atom stereocenters. The fourth-order valence-electron chi connectivity index (χ4n) is 3.74. The minimum Gasteiger partial charge on any atom is -0.266 e. The molecule has 0 radical (unpaired) electrons. The number of hydrazone groups is 1. The minimum atomic E-state index is -0.172. The molecular formula is C24H21N5OS. The van der Waals surface area contributed by atoms with E-state index in [1.165, 1.54) is 23.3 Å². The fourth-order valence-corrected chi connectivity index (χ4v) is 4.88. The van der Waals surface area contributed by atoms with Gasteiger partial charge in [-0.3, -0.25) is 9.78 Å². The Morgan fingerprint density at radius 3 is 2.81 bits per heavy atom. The molecule has 31 heavy (non-hydrogen) atoms. The van der Waals surface area contributed by atoms with Crippen LogP contribution in [0.5, 0.6) is 0 Å². The number of hydrogen-bond donors (Lipinski definition) is 1. The molecule has 0 fully saturated rings. The molecule has 0 saturated carbocycles. The van der Waals surface area contributed by atoms with Crippen LogP contribution < -0.4 is 5.43 Å². The van der Waals surface area contributed by atoms with Crippen molar-refractivity contribution in [2.75, 3.05) is 0 Å². The standard InChI is InChI=1S/C24H21N5OS/c30-24(22-13-17-7-4-5-11-21(17)31-22)27-26-15-19-16-29(20-9-2-1-3-10-20)28-23(19)18-8-6-12-25-14-18/h1-3,6,8-10,12-16H,4-5,7,11H2,(H,27,30)/b26-15-. The number of carbonyl (C=O) groups excluding carboxylic acids is 1. The van der Waals surface area contributed by atoms with Gasteiger partial charge in [0.15, 0.2) is 0 Å². The molecule has 1 amide bonds. The number of rotatable bonds is 5. The SMILES string of the molecule is O=C(N/N=C\c1cn(-c2ccccc2)nc1-c1cccnc1)c1cc2c(s1)CCCC2. The molecule has 3 heterocycles. The van der Waals surface area contributed by atoms with E-state index in [2.05, 4.69) is 15.5 Å². The number of fused-ring (bicyclic) bond motifs is 1. The summed E-state index contributed by atoms with van der Waals surface area (Å²) in [5, 5.41) is 8.95. The van der Waals surface area contributed by atoms with Gasteiger partial charge in [-0.25, -0.2) is 10.1 Å². The number of carbonyl (C=O) groups is 1. The first-order chi connectivity index (χ1) is 15.3. The second-order valence-corrected chi connectivity index (χ2v) is 8.56. The van der Waals surface area contributed by atoms with Crippen molar-refractivity contribution in [2.45, 2.75) is 25.7 Å². The van der Waals surface area contributed by atoms with Crippen molar-refractivity contribution >= 4 is 23.5 Å². The van der Waals surface area contributed by atoms with Crippen LogP contribution in [0.2, 0.25) is 0 Å². The maximum atomic E-state index is 12.6. The van der Waals surface area contributed by atoms with E-state index < -0.39 is 0 Å². The Hall–Kier alpha value is -3.58. The molecule has 4 aromatic rings. The van der Waals surface area contributed by atoms with Gasteiger partial charge in [0.05, 0.1) is 16.8 Å². The first-order valence-electron chi connectivity index (χ1n) is 10.3. The molecule has 0 saturated heterocycles. The lowest BCUT2D eigenvalue weighted by Crippen LogP contribution is -2.16. The van der Waals surface area contributed by atoms with Gasteiger partial charge in [0.2, 0.25) is 0 Å². The third kappa shape index (κ3) is 4.18. The predicted molar refractivity (Wildman–Crippen MR) is 123 cm³/mol. The smallest absolute Gasteiger partial charge is 0.266 e. The zero-order valence-corrected chi connectivity index (χ0v) is 17.7. The van der Waals surface area contributed by atoms with Gasteiger partial charge >= 0.3 is 0 Å². The third-order valence-corrected chi connectivity index (χ3v) is 6.52. The number of aryl methyl sites for hydroxylation is 2. The molecule has 1 N–H and O–H groups in total. The van der Waals surface area contributed by atoms with Gasteiger partial charge in [-0.05, 0) is 61.6 Å². The molecule has 0 aliphatic heterocycles. The molecule has 1 aliphatic rings. The molecule has 0 atom stereocenters. The van der Waals surface area contributed by atoms with Crippen molar-refractivity contribution in [3.63, 3.8) is 0 Å². The second kappa shape index (κ2) is 8.65. The maximum absolute atomic E-state index is 12.6. The van der Waals surface area contributed by atoms with Crippen LogP contribution >= 0.6 is 11.3 Å². The van der Waals surface area contributed by atoms with Crippen LogP contribution in [0.1, 0.15) is 38.5 Å². The quantitative estimate of drug-likeness (QED) is 0.373. The van der Waals surface area contributed by atoms with E-state index in [-0.39, 0.29) is 5.91 Å². The normalized spacial score (nSPS) is 13.3. The highest BCUT2D eigenvalue weighted by Crippen LogP contribution is 2.29. The molecule has 6 nitrogen and oxygen atoms in total. The number of benzene rings is 1. The van der Waals surface area contributed by atoms with E-state index in [1.807, 2.05) is 54.7 Å². The van der Waals surface area contributed by atoms with Gasteiger partial charge in [0.1, 0.15) is 5.69 Å². The van der Waals surface area contributed by atoms with Crippen LogP contribution in [0.25, 0.3) is 16.9 Å². The van der Waals surface area contributed by atoms with Gasteiger partial charge < -0.3 is 0 Å². The highest BCUT2D eigenvalue weighted by molar-refractivity contribution is 7.14. The summed E-state index contributed by atoms with van der Waals surface area (Å²) in [7, 11) is 0. The fraction of sp³-hybridized carbons (Fsp3) is 0.167. The summed E-state index contributed by atoms with van der Waals surface area (Å²) in [6, 6.07) is 15.7. The zero-order chi connectivity index (χ0) is 21.0. The molecule has 154 valence electrons. The van der Waals surface area contributed by atoms with Gasteiger partial charge in [-0.2, -0.15) is 10.2 Å². The Kier molecular flexibility index (Phi) is 5.41. The summed E-state index contributed by atoms with van der Waals surface area (Å²) < 4.78 is 1.80. The number of nitrogens with zero attached hydrogens (tertiary/aromatic N) is 4. The van der Waals surface area contributed by atoms with Crippen LogP contribution in [0.15, 0.2) is 72.2 Å². The maximum Gasteiger partial charge on any atom is 0.281 e. The first kappa shape index (κ1) is 19.4. The van der Waals surface area contributed by atoms with Gasteiger partial charge in [0.25, 0.3) is 5.91 Å². The molecular weight excluding hydrogens is 406 g/mol. The van der Waals surface area contributed by atoms with Crippen LogP contribution in [0, 0.1) is 0 Å². The lowest BCUT2D eigenvalue weighted by molar-refractivity contribution is 0.0959. The largest absolute Gasteiger partial charge is 0.281 e. The van der Waals surface area contributed by atoms with Crippen molar-refractivity contribution < 1.29 is 4.79 Å². The summed E-state index contributed by atoms with van der Waals surface area (Å²) in [6.45, 7) is 0. The summed E-state index contributed by atoms with van der Waals surface area (Å²) in [5.74, 6) is -0.172. The Labute approximate surface area is 184 Å². The van der Waals surface area contributed by atoms with Crippen LogP contribution in [-0.2, 0) is 12.8 Å². The topological polar surface area (TPSA) is 72.2 Å². The van der Waals surface area contributed by atoms with E-state index in [0.717, 1.165) is 40.2 Å². The van der Waals surface area contributed by atoms with E-state index in [0.29, 0.717) is 0 Å². The average Bonchev–Trinajstić information content (AvgIpc) is 3.45. The van der Waals surface area contributed by atoms with Gasteiger partial charge in [-0.15, -0.1) is 11.3 Å². The van der Waals surface area contributed by atoms with Gasteiger partial charge in [0, 0.05) is 34.6 Å². The number of para-hydroxylation sites is 1. The highest BCUT2D eigenvalue weighted by Gasteiger charge is 2.17. The molecule has 5 rings (SSSR count). The number of hydrogen-bond acceptors (Lipinski definition) is 5. The van der Waals surface area contributed by atoms with Crippen LogP contribution in [0.4, 0.5) is 0 Å². The molecule has 7 heteroatoms. The van der Waals surface area contributed by atoms with Crippen LogP contribution in [-0.4, -0.2) is 26.9 Å². The summed E-state index contributed by atoms with van der Waals surface area (Å²) >= 11 is 1.58. The Balaban J connectivity index is 1.40. The average molecular weight is 428 g/mol. The summed E-state index contributed by atoms with van der Waals surface area (Å²) in [6.07, 6.45) is 11.6. The van der Waals surface area contributed by atoms with E-state index in [9.17, 15) is 4.79 Å². The predicted octanol–water partition coefficient (Wildman–Crippen LogP) is 4.64. The highest BCUT2D eigenvalue weighted by atomic mass is 32.1. The summed E-state index contributed by atoms with van der Waals surface area (Å²) in [4.78, 5) is 18.8. The van der Waals surface area contributed by atoms with Crippen molar-refractivity contribution in [3.05, 3.63) is 88.0 Å². The first-order valence-corrected chi connectivity index (χ1v) is 11.1. The van der Waals surface area contributed by atoms with E-state index in [4.69, 9.17) is 5.10 Å². The van der Waals surface area contributed by atoms with Gasteiger partial charge in [-0.1, -0.05) is 18.2 Å². The van der Waals surface area contributed by atoms with Crippen molar-refractivity contribution in [1.29, 1.82) is 0 Å². The van der Waals surface area contributed by atoms with Crippen molar-refractivity contribution in [1.82, 2.24) is 20.2 Å². The zero-order valence-electron chi connectivity index (χ0n) is 16.9. The lowest BCUT2D eigenvalue weighted by Gasteiger charge is -2.08. The molecule has 1 aromatic carbocycles. The summed E-state index contributed by atoms with van der Waals surface area (Å²) in [5.41, 5.74) is 7.36. The number of nitrogens with one attached hydrogen (secondary N) is 1. The minimum absolute atomic E-state index is 0.172. The Morgan fingerprint density at radius 1 is 1.13 bits per heavy atom. The van der Waals surface area contributed by atoms with Crippen LogP contribution in [0.3, 0.4) is 0 Å². The molecule has 0 spiro atoms. The second-order valence-electron chi connectivity index (χ2n) is 7.42. The molecule has 1 aliphatic carbocycles.